The van der Waals surface area contributed by atoms with Crippen molar-refractivity contribution in [2.45, 2.75) is 43.4 Å². The summed E-state index contributed by atoms with van der Waals surface area (Å²) in [7, 11) is 1.76. The fraction of sp³-hybridized carbons (Fsp3) is 0.524. The average Bonchev–Trinajstić information content (AvgIpc) is 3.18. The molecule has 2 aromatic heterocycles. The maximum absolute atomic E-state index is 12.7. The molecule has 2 aromatic rings. The van der Waals surface area contributed by atoms with Crippen LogP contribution in [-0.2, 0) is 11.8 Å². The summed E-state index contributed by atoms with van der Waals surface area (Å²) in [6, 6.07) is 7.51. The standard InChI is InChI=1S/C21H26N6O3/c1-20(25-19(29)16-11-23-14-26(16)2)13-21(30-12-17(20)28)6-8-27(9-7-21)18-5-3-4-15(10-22)24-18/h3-5,11,14,17,28H,6-9,12-13H2,1-2H3,(H,25,29)/t17-,20-/m0/s1. The molecule has 2 aliphatic rings. The molecular weight excluding hydrogens is 384 g/mol. The molecule has 30 heavy (non-hydrogen) atoms. The Morgan fingerprint density at radius 2 is 2.17 bits per heavy atom. The third-order valence-electron chi connectivity index (χ3n) is 6.27. The van der Waals surface area contributed by atoms with Crippen LogP contribution in [0.4, 0.5) is 5.82 Å². The normalized spacial score (nSPS) is 25.7. The zero-order valence-corrected chi connectivity index (χ0v) is 17.2. The Labute approximate surface area is 175 Å². The van der Waals surface area contributed by atoms with E-state index < -0.39 is 17.2 Å². The first-order valence-electron chi connectivity index (χ1n) is 10.1. The number of hydrogen-bond donors (Lipinski definition) is 2. The van der Waals surface area contributed by atoms with Gasteiger partial charge in [0.25, 0.3) is 5.91 Å². The molecule has 0 bridgehead atoms. The molecule has 2 fully saturated rings. The zero-order valence-electron chi connectivity index (χ0n) is 17.2. The first kappa shape index (κ1) is 20.3. The van der Waals surface area contributed by atoms with Gasteiger partial charge in [0.1, 0.15) is 29.4 Å². The Kier molecular flexibility index (Phi) is 5.22. The predicted octanol–water partition coefficient (Wildman–Crippen LogP) is 0.996. The first-order valence-corrected chi connectivity index (χ1v) is 10.1. The van der Waals surface area contributed by atoms with Crippen molar-refractivity contribution < 1.29 is 14.6 Å². The van der Waals surface area contributed by atoms with E-state index in [4.69, 9.17) is 10.00 Å². The summed E-state index contributed by atoms with van der Waals surface area (Å²) >= 11 is 0. The van der Waals surface area contributed by atoms with Gasteiger partial charge < -0.3 is 24.6 Å². The number of pyridine rings is 1. The lowest BCUT2D eigenvalue weighted by atomic mass is 9.74. The summed E-state index contributed by atoms with van der Waals surface area (Å²) < 4.78 is 7.77. The lowest BCUT2D eigenvalue weighted by Crippen LogP contribution is -2.65. The highest BCUT2D eigenvalue weighted by Crippen LogP contribution is 2.40. The van der Waals surface area contributed by atoms with E-state index >= 15 is 0 Å². The third kappa shape index (κ3) is 3.76. The molecule has 4 rings (SSSR count). The van der Waals surface area contributed by atoms with Crippen molar-refractivity contribution in [1.29, 1.82) is 5.26 Å². The van der Waals surface area contributed by atoms with Gasteiger partial charge in [-0.05, 0) is 31.9 Å². The average molecular weight is 410 g/mol. The Hall–Kier alpha value is -2.96. The number of aliphatic hydroxyl groups excluding tert-OH is 1. The van der Waals surface area contributed by atoms with Gasteiger partial charge in [-0.3, -0.25) is 4.79 Å². The number of carbonyl (C=O) groups excluding carboxylic acids is 1. The number of aryl methyl sites for hydroxylation is 1. The van der Waals surface area contributed by atoms with E-state index in [0.717, 1.165) is 31.7 Å². The Morgan fingerprint density at radius 3 is 2.83 bits per heavy atom. The lowest BCUT2D eigenvalue weighted by Gasteiger charge is -2.52. The number of hydrogen-bond acceptors (Lipinski definition) is 7. The third-order valence-corrected chi connectivity index (χ3v) is 6.27. The number of nitriles is 1. The number of amides is 1. The van der Waals surface area contributed by atoms with Gasteiger partial charge in [0, 0.05) is 26.6 Å². The SMILES string of the molecule is Cn1cncc1C(=O)N[C@@]1(C)CC2(CCN(c3cccc(C#N)n3)CC2)OC[C@@H]1O. The molecule has 0 unspecified atom stereocenters. The topological polar surface area (TPSA) is 116 Å². The van der Waals surface area contributed by atoms with Crippen LogP contribution in [0.1, 0.15) is 42.4 Å². The fourth-order valence-electron chi connectivity index (χ4n) is 4.43. The molecule has 2 N–H and O–H groups in total. The van der Waals surface area contributed by atoms with E-state index in [1.807, 2.05) is 19.1 Å². The maximum Gasteiger partial charge on any atom is 0.270 e. The summed E-state index contributed by atoms with van der Waals surface area (Å²) in [5.41, 5.74) is -0.379. The highest BCUT2D eigenvalue weighted by atomic mass is 16.5. The van der Waals surface area contributed by atoms with Crippen LogP contribution in [0, 0.1) is 11.3 Å². The van der Waals surface area contributed by atoms with E-state index in [1.54, 1.807) is 24.0 Å². The van der Waals surface area contributed by atoms with Gasteiger partial charge in [-0.25, -0.2) is 9.97 Å². The number of nitrogens with zero attached hydrogens (tertiary/aromatic N) is 5. The summed E-state index contributed by atoms with van der Waals surface area (Å²) in [4.78, 5) is 23.3. The van der Waals surface area contributed by atoms with Crippen LogP contribution in [0.15, 0.2) is 30.7 Å². The molecule has 158 valence electrons. The van der Waals surface area contributed by atoms with Gasteiger partial charge in [-0.1, -0.05) is 6.07 Å². The number of imidazole rings is 1. The Balaban J connectivity index is 1.46. The number of aromatic nitrogens is 3. The Morgan fingerprint density at radius 1 is 1.40 bits per heavy atom. The van der Waals surface area contributed by atoms with Crippen LogP contribution in [0.2, 0.25) is 0 Å². The van der Waals surface area contributed by atoms with Crippen LogP contribution >= 0.6 is 0 Å². The van der Waals surface area contributed by atoms with Crippen molar-refractivity contribution in [3.8, 4) is 6.07 Å². The number of carbonyl (C=O) groups is 1. The number of aliphatic hydroxyl groups is 1. The summed E-state index contributed by atoms with van der Waals surface area (Å²) in [5, 5.41) is 22.7. The second kappa shape index (κ2) is 7.70. The van der Waals surface area contributed by atoms with Gasteiger partial charge in [0.2, 0.25) is 0 Å². The minimum Gasteiger partial charge on any atom is -0.388 e. The minimum absolute atomic E-state index is 0.171. The largest absolute Gasteiger partial charge is 0.388 e. The molecule has 2 atom stereocenters. The monoisotopic (exact) mass is 410 g/mol. The maximum atomic E-state index is 12.7. The highest BCUT2D eigenvalue weighted by Gasteiger charge is 2.50. The molecule has 4 heterocycles. The number of nitrogens with one attached hydrogen (secondary N) is 1. The van der Waals surface area contributed by atoms with Gasteiger partial charge in [-0.2, -0.15) is 5.26 Å². The fourth-order valence-corrected chi connectivity index (χ4v) is 4.43. The van der Waals surface area contributed by atoms with Gasteiger partial charge in [0.15, 0.2) is 0 Å². The highest BCUT2D eigenvalue weighted by molar-refractivity contribution is 5.92. The number of piperidine rings is 1. The molecule has 0 aliphatic carbocycles. The lowest BCUT2D eigenvalue weighted by molar-refractivity contribution is -0.167. The van der Waals surface area contributed by atoms with Gasteiger partial charge in [0.05, 0.1) is 30.3 Å². The molecule has 0 saturated carbocycles. The minimum atomic E-state index is -0.805. The summed E-state index contributed by atoms with van der Waals surface area (Å²) in [6.07, 6.45) is 4.30. The molecule has 1 spiro atoms. The smallest absolute Gasteiger partial charge is 0.270 e. The second-order valence-electron chi connectivity index (χ2n) is 8.43. The molecule has 2 aliphatic heterocycles. The molecule has 9 heteroatoms. The quantitative estimate of drug-likeness (QED) is 0.775. The molecule has 9 nitrogen and oxygen atoms in total. The van der Waals surface area contributed by atoms with Crippen LogP contribution in [-0.4, -0.2) is 62.5 Å². The van der Waals surface area contributed by atoms with Crippen LogP contribution in [0.3, 0.4) is 0 Å². The molecule has 0 aromatic carbocycles. The summed E-state index contributed by atoms with van der Waals surface area (Å²) in [6.45, 7) is 3.50. The number of ether oxygens (including phenoxy) is 1. The van der Waals surface area contributed by atoms with Crippen molar-refractivity contribution >= 4 is 11.7 Å². The van der Waals surface area contributed by atoms with Gasteiger partial charge >= 0.3 is 0 Å². The van der Waals surface area contributed by atoms with E-state index in [0.29, 0.717) is 17.8 Å². The van der Waals surface area contributed by atoms with Crippen molar-refractivity contribution in [3.63, 3.8) is 0 Å². The molecule has 1 amide bonds. The number of rotatable bonds is 3. The van der Waals surface area contributed by atoms with E-state index in [1.165, 1.54) is 6.20 Å². The van der Waals surface area contributed by atoms with Crippen molar-refractivity contribution in [3.05, 3.63) is 42.1 Å². The molecular formula is C21H26N6O3. The van der Waals surface area contributed by atoms with Crippen LogP contribution in [0.5, 0.6) is 0 Å². The number of anilines is 1. The summed E-state index contributed by atoms with van der Waals surface area (Å²) in [5.74, 6) is 0.524. The van der Waals surface area contributed by atoms with E-state index in [-0.39, 0.29) is 12.5 Å². The van der Waals surface area contributed by atoms with E-state index in [2.05, 4.69) is 26.3 Å². The zero-order chi connectivity index (χ0) is 21.4. The van der Waals surface area contributed by atoms with Crippen LogP contribution < -0.4 is 10.2 Å². The first-order chi connectivity index (χ1) is 14.3. The predicted molar refractivity (Wildman–Crippen MR) is 109 cm³/mol. The Bertz CT molecular complexity index is 975. The van der Waals surface area contributed by atoms with Crippen molar-refractivity contribution in [2.24, 2.45) is 7.05 Å². The second-order valence-corrected chi connectivity index (χ2v) is 8.43. The van der Waals surface area contributed by atoms with Crippen molar-refractivity contribution in [2.75, 3.05) is 24.6 Å². The van der Waals surface area contributed by atoms with Crippen molar-refractivity contribution in [1.82, 2.24) is 19.9 Å². The van der Waals surface area contributed by atoms with Gasteiger partial charge in [-0.15, -0.1) is 0 Å². The molecule has 2 saturated heterocycles. The van der Waals surface area contributed by atoms with E-state index in [9.17, 15) is 9.90 Å². The molecule has 0 radical (unpaired) electrons. The van der Waals surface area contributed by atoms with Crippen LogP contribution in [0.25, 0.3) is 0 Å².